The van der Waals surface area contributed by atoms with E-state index in [1.807, 2.05) is 6.07 Å². The Balaban J connectivity index is 2.21. The van der Waals surface area contributed by atoms with E-state index in [9.17, 15) is 0 Å². The zero-order chi connectivity index (χ0) is 11.1. The summed E-state index contributed by atoms with van der Waals surface area (Å²) in [6.07, 6.45) is 0.999. The average Bonchev–Trinajstić information content (AvgIpc) is 2.18. The average molecular weight is 207 g/mol. The van der Waals surface area contributed by atoms with Gasteiger partial charge in [-0.2, -0.15) is 5.48 Å². The highest BCUT2D eigenvalue weighted by Gasteiger charge is 2.03. The van der Waals surface area contributed by atoms with Gasteiger partial charge in [-0.15, -0.1) is 0 Å². The van der Waals surface area contributed by atoms with E-state index in [0.717, 1.165) is 13.0 Å². The molecule has 0 spiro atoms. The predicted molar refractivity (Wildman–Crippen MR) is 63.5 cm³/mol. The molecule has 0 heterocycles. The maximum absolute atomic E-state index is 5.38. The Morgan fingerprint density at radius 3 is 2.40 bits per heavy atom. The van der Waals surface area contributed by atoms with Crippen molar-refractivity contribution >= 4 is 0 Å². The van der Waals surface area contributed by atoms with Crippen LogP contribution in [0, 0.1) is 5.92 Å². The lowest BCUT2D eigenvalue weighted by molar-refractivity contribution is 0.00473. The molecule has 0 amide bonds. The summed E-state index contributed by atoms with van der Waals surface area (Å²) in [6, 6.07) is 10.8. The third kappa shape index (κ3) is 5.55. The van der Waals surface area contributed by atoms with Crippen LogP contribution >= 0.6 is 0 Å². The van der Waals surface area contributed by atoms with Crippen LogP contribution in [0.4, 0.5) is 0 Å². The normalized spacial score (nSPS) is 13.1. The van der Waals surface area contributed by atoms with Gasteiger partial charge in [0.25, 0.3) is 0 Å². The second-order valence-electron chi connectivity index (χ2n) is 4.41. The molecule has 84 valence electrons. The van der Waals surface area contributed by atoms with Gasteiger partial charge in [-0.1, -0.05) is 44.2 Å². The molecule has 1 unspecified atom stereocenters. The van der Waals surface area contributed by atoms with Crippen molar-refractivity contribution < 1.29 is 4.84 Å². The monoisotopic (exact) mass is 207 g/mol. The molecule has 0 radical (unpaired) electrons. The van der Waals surface area contributed by atoms with Crippen LogP contribution in [-0.4, -0.2) is 12.6 Å². The first-order valence-electron chi connectivity index (χ1n) is 5.59. The molecule has 2 nitrogen and oxygen atoms in total. The smallest absolute Gasteiger partial charge is 0.0705 e. The molecule has 1 atom stereocenters. The van der Waals surface area contributed by atoms with Gasteiger partial charge in [0, 0.05) is 6.04 Å². The summed E-state index contributed by atoms with van der Waals surface area (Å²) in [7, 11) is 0. The topological polar surface area (TPSA) is 21.3 Å². The van der Waals surface area contributed by atoms with Crippen molar-refractivity contribution in [1.82, 2.24) is 5.48 Å². The van der Waals surface area contributed by atoms with Crippen molar-refractivity contribution in [2.24, 2.45) is 5.92 Å². The first-order chi connectivity index (χ1) is 7.18. The number of rotatable bonds is 6. The van der Waals surface area contributed by atoms with Crippen LogP contribution in [0.1, 0.15) is 26.3 Å². The minimum absolute atomic E-state index is 0.353. The SMILES string of the molecule is CC(C)CONC(C)Cc1ccccc1. The summed E-state index contributed by atoms with van der Waals surface area (Å²) >= 11 is 0. The van der Waals surface area contributed by atoms with Gasteiger partial charge in [-0.05, 0) is 24.8 Å². The van der Waals surface area contributed by atoms with Crippen LogP contribution in [0.3, 0.4) is 0 Å². The molecule has 0 saturated heterocycles. The Hall–Kier alpha value is -0.860. The summed E-state index contributed by atoms with van der Waals surface area (Å²) in [5.74, 6) is 0.571. The highest BCUT2D eigenvalue weighted by molar-refractivity contribution is 5.15. The molecule has 0 saturated carbocycles. The van der Waals surface area contributed by atoms with E-state index in [1.54, 1.807) is 0 Å². The molecule has 1 aromatic rings. The van der Waals surface area contributed by atoms with E-state index >= 15 is 0 Å². The molecule has 0 aliphatic rings. The predicted octanol–water partition coefficient (Wildman–Crippen LogP) is 2.79. The lowest BCUT2D eigenvalue weighted by atomic mass is 10.1. The first-order valence-corrected chi connectivity index (χ1v) is 5.59. The Morgan fingerprint density at radius 1 is 1.13 bits per heavy atom. The summed E-state index contributed by atoms with van der Waals surface area (Å²) in [6.45, 7) is 7.18. The molecule has 0 aliphatic carbocycles. The molecule has 15 heavy (non-hydrogen) atoms. The molecular formula is C13H21NO. The molecule has 2 heteroatoms. The Morgan fingerprint density at radius 2 is 1.80 bits per heavy atom. The van der Waals surface area contributed by atoms with E-state index in [2.05, 4.69) is 50.5 Å². The zero-order valence-electron chi connectivity index (χ0n) is 9.86. The summed E-state index contributed by atoms with van der Waals surface area (Å²) in [5.41, 5.74) is 4.40. The lowest BCUT2D eigenvalue weighted by Gasteiger charge is -2.14. The number of hydrogen-bond acceptors (Lipinski definition) is 2. The molecule has 1 N–H and O–H groups in total. The number of hydroxylamine groups is 1. The van der Waals surface area contributed by atoms with E-state index in [-0.39, 0.29) is 0 Å². The van der Waals surface area contributed by atoms with Crippen molar-refractivity contribution in [3.05, 3.63) is 35.9 Å². The Kier molecular flexibility index (Phi) is 5.37. The fourth-order valence-corrected chi connectivity index (χ4v) is 1.37. The quantitative estimate of drug-likeness (QED) is 0.724. The van der Waals surface area contributed by atoms with E-state index in [4.69, 9.17) is 4.84 Å². The van der Waals surface area contributed by atoms with Crippen molar-refractivity contribution in [3.8, 4) is 0 Å². The second kappa shape index (κ2) is 6.59. The fraction of sp³-hybridized carbons (Fsp3) is 0.538. The summed E-state index contributed by atoms with van der Waals surface area (Å²) in [4.78, 5) is 5.38. The molecule has 0 aromatic heterocycles. The first kappa shape index (κ1) is 12.2. The largest absolute Gasteiger partial charge is 0.301 e. The van der Waals surface area contributed by atoms with Gasteiger partial charge < -0.3 is 4.84 Å². The number of nitrogens with one attached hydrogen (secondary N) is 1. The van der Waals surface area contributed by atoms with Crippen molar-refractivity contribution in [1.29, 1.82) is 0 Å². The highest BCUT2D eigenvalue weighted by Crippen LogP contribution is 2.02. The number of hydrogen-bond donors (Lipinski definition) is 1. The van der Waals surface area contributed by atoms with Crippen LogP contribution in [0.25, 0.3) is 0 Å². The van der Waals surface area contributed by atoms with Gasteiger partial charge in [0.05, 0.1) is 6.61 Å². The lowest BCUT2D eigenvalue weighted by Crippen LogP contribution is -2.29. The van der Waals surface area contributed by atoms with Gasteiger partial charge in [-0.3, -0.25) is 0 Å². The van der Waals surface area contributed by atoms with Gasteiger partial charge in [0.1, 0.15) is 0 Å². The fourth-order valence-electron chi connectivity index (χ4n) is 1.37. The standard InChI is InChI=1S/C13H21NO/c1-11(2)10-15-14-12(3)9-13-7-5-4-6-8-13/h4-8,11-12,14H,9-10H2,1-3H3. The van der Waals surface area contributed by atoms with E-state index in [1.165, 1.54) is 5.56 Å². The van der Waals surface area contributed by atoms with Crippen LogP contribution in [0.15, 0.2) is 30.3 Å². The van der Waals surface area contributed by atoms with Gasteiger partial charge in [-0.25, -0.2) is 0 Å². The minimum Gasteiger partial charge on any atom is -0.301 e. The van der Waals surface area contributed by atoms with Crippen LogP contribution in [-0.2, 0) is 11.3 Å². The third-order valence-electron chi connectivity index (χ3n) is 2.09. The van der Waals surface area contributed by atoms with E-state index < -0.39 is 0 Å². The van der Waals surface area contributed by atoms with Crippen molar-refractivity contribution in [2.75, 3.05) is 6.61 Å². The Labute approximate surface area is 92.6 Å². The van der Waals surface area contributed by atoms with Gasteiger partial charge in [0.2, 0.25) is 0 Å². The van der Waals surface area contributed by atoms with E-state index in [0.29, 0.717) is 12.0 Å². The van der Waals surface area contributed by atoms with Crippen LogP contribution < -0.4 is 5.48 Å². The minimum atomic E-state index is 0.353. The van der Waals surface area contributed by atoms with Crippen LogP contribution in [0.2, 0.25) is 0 Å². The van der Waals surface area contributed by atoms with Crippen LogP contribution in [0.5, 0.6) is 0 Å². The van der Waals surface area contributed by atoms with Crippen molar-refractivity contribution in [3.63, 3.8) is 0 Å². The highest BCUT2D eigenvalue weighted by atomic mass is 16.6. The summed E-state index contributed by atoms with van der Waals surface area (Å²) < 4.78 is 0. The number of benzene rings is 1. The Bertz CT molecular complexity index is 258. The molecule has 0 bridgehead atoms. The van der Waals surface area contributed by atoms with Gasteiger partial charge in [0.15, 0.2) is 0 Å². The van der Waals surface area contributed by atoms with Gasteiger partial charge >= 0.3 is 0 Å². The maximum Gasteiger partial charge on any atom is 0.0705 e. The molecule has 1 rings (SSSR count). The maximum atomic E-state index is 5.38. The molecule has 0 fully saturated rings. The second-order valence-corrected chi connectivity index (χ2v) is 4.41. The summed E-state index contributed by atoms with van der Waals surface area (Å²) in [5, 5.41) is 0. The zero-order valence-corrected chi connectivity index (χ0v) is 9.86. The third-order valence-corrected chi connectivity index (χ3v) is 2.09. The molecule has 0 aliphatic heterocycles. The molecular weight excluding hydrogens is 186 g/mol. The van der Waals surface area contributed by atoms with Crippen molar-refractivity contribution in [2.45, 2.75) is 33.2 Å². The molecule has 1 aromatic carbocycles.